The molecule has 0 aromatic rings. The molecule has 0 saturated carbocycles. The van der Waals surface area contributed by atoms with E-state index in [1.807, 2.05) is 0 Å². The minimum atomic E-state index is -0.839. The summed E-state index contributed by atoms with van der Waals surface area (Å²) in [5.74, 6) is 0. The van der Waals surface area contributed by atoms with Gasteiger partial charge in [0.05, 0.1) is 6.61 Å². The van der Waals surface area contributed by atoms with Gasteiger partial charge in [0.15, 0.2) is 0 Å². The van der Waals surface area contributed by atoms with Crippen LogP contribution in [0.3, 0.4) is 0 Å². The van der Waals surface area contributed by atoms with Crippen LogP contribution in [0.2, 0.25) is 0 Å². The van der Waals surface area contributed by atoms with Crippen LogP contribution < -0.4 is 5.32 Å². The fraction of sp³-hybridized carbons (Fsp3) is 0.889. The number of amides is 1. The quantitative estimate of drug-likeness (QED) is 0.691. The smallest absolute Gasteiger partial charge is 0.407 e. The second kappa shape index (κ2) is 5.82. The maximum atomic E-state index is 11.0. The summed E-state index contributed by atoms with van der Waals surface area (Å²) in [6.45, 7) is 2.75. The highest BCUT2D eigenvalue weighted by molar-refractivity contribution is 5.65. The van der Waals surface area contributed by atoms with Crippen LogP contribution in [0.25, 0.3) is 0 Å². The number of carboxylic acid groups (broad SMARTS) is 1. The van der Waals surface area contributed by atoms with Crippen LogP contribution in [0.15, 0.2) is 0 Å². The molecule has 82 valence electrons. The monoisotopic (exact) mass is 202 g/mol. The zero-order chi connectivity index (χ0) is 10.4. The Morgan fingerprint density at radius 2 is 2.21 bits per heavy atom. The second-order valence-corrected chi connectivity index (χ2v) is 3.45. The fourth-order valence-corrected chi connectivity index (χ4v) is 1.74. The molecule has 1 rings (SSSR count). The van der Waals surface area contributed by atoms with E-state index in [0.717, 1.165) is 25.9 Å². The van der Waals surface area contributed by atoms with Gasteiger partial charge in [0, 0.05) is 19.7 Å². The summed E-state index contributed by atoms with van der Waals surface area (Å²) < 4.78 is 4.89. The highest BCUT2D eigenvalue weighted by atomic mass is 16.5. The number of rotatable bonds is 4. The van der Waals surface area contributed by atoms with Gasteiger partial charge in [0.2, 0.25) is 0 Å². The summed E-state index contributed by atoms with van der Waals surface area (Å²) in [6, 6.07) is 0.156. The van der Waals surface area contributed by atoms with Crippen molar-refractivity contribution in [3.8, 4) is 0 Å². The van der Waals surface area contributed by atoms with Crippen molar-refractivity contribution in [2.75, 3.05) is 33.4 Å². The molecule has 0 radical (unpaired) electrons. The number of carbonyl (C=O) groups is 1. The molecule has 0 aliphatic carbocycles. The Balaban J connectivity index is 2.43. The number of hydrogen-bond acceptors (Lipinski definition) is 3. The molecule has 1 heterocycles. The normalized spacial score (nSPS) is 18.1. The molecule has 0 aromatic heterocycles. The van der Waals surface area contributed by atoms with E-state index in [1.54, 1.807) is 7.11 Å². The topological polar surface area (TPSA) is 61.8 Å². The van der Waals surface area contributed by atoms with Crippen molar-refractivity contribution in [1.29, 1.82) is 0 Å². The predicted molar refractivity (Wildman–Crippen MR) is 52.5 cm³/mol. The third-order valence-corrected chi connectivity index (χ3v) is 2.53. The Labute approximate surface area is 84.0 Å². The van der Waals surface area contributed by atoms with Gasteiger partial charge in [0.25, 0.3) is 0 Å². The molecule has 1 saturated heterocycles. The third-order valence-electron chi connectivity index (χ3n) is 2.53. The van der Waals surface area contributed by atoms with Gasteiger partial charge in [-0.1, -0.05) is 0 Å². The van der Waals surface area contributed by atoms with E-state index in [0.29, 0.717) is 13.2 Å². The van der Waals surface area contributed by atoms with Crippen molar-refractivity contribution in [2.45, 2.75) is 18.9 Å². The summed E-state index contributed by atoms with van der Waals surface area (Å²) in [5, 5.41) is 12.2. The molecule has 5 heteroatoms. The first-order valence-corrected chi connectivity index (χ1v) is 4.95. The number of nitrogens with one attached hydrogen (secondary N) is 1. The number of nitrogens with zero attached hydrogens (tertiary/aromatic N) is 1. The fourth-order valence-electron chi connectivity index (χ4n) is 1.74. The first kappa shape index (κ1) is 11.3. The Morgan fingerprint density at radius 1 is 1.57 bits per heavy atom. The SMILES string of the molecule is COCCN(C(=O)O)C1CCNCC1. The van der Waals surface area contributed by atoms with Gasteiger partial charge in [-0.2, -0.15) is 0 Å². The number of piperidine rings is 1. The Hall–Kier alpha value is -0.810. The minimum Gasteiger partial charge on any atom is -0.465 e. The van der Waals surface area contributed by atoms with Gasteiger partial charge in [-0.25, -0.2) is 4.79 Å². The van der Waals surface area contributed by atoms with Crippen molar-refractivity contribution < 1.29 is 14.6 Å². The van der Waals surface area contributed by atoms with Crippen LogP contribution in [-0.4, -0.2) is 55.5 Å². The van der Waals surface area contributed by atoms with Crippen LogP contribution in [0, 0.1) is 0 Å². The minimum absolute atomic E-state index is 0.156. The average molecular weight is 202 g/mol. The molecule has 0 spiro atoms. The third kappa shape index (κ3) is 3.16. The predicted octanol–water partition coefficient (Wildman–Crippen LogP) is 0.365. The molecule has 0 unspecified atom stereocenters. The van der Waals surface area contributed by atoms with Crippen molar-refractivity contribution in [2.24, 2.45) is 0 Å². The summed E-state index contributed by atoms with van der Waals surface area (Å²) >= 11 is 0. The van der Waals surface area contributed by atoms with E-state index >= 15 is 0 Å². The molecule has 1 amide bonds. The number of methoxy groups -OCH3 is 1. The molecule has 1 fully saturated rings. The number of hydrogen-bond donors (Lipinski definition) is 2. The van der Waals surface area contributed by atoms with Crippen LogP contribution >= 0.6 is 0 Å². The molecule has 14 heavy (non-hydrogen) atoms. The van der Waals surface area contributed by atoms with E-state index in [4.69, 9.17) is 9.84 Å². The van der Waals surface area contributed by atoms with E-state index in [9.17, 15) is 4.79 Å². The average Bonchev–Trinajstić information content (AvgIpc) is 2.19. The lowest BCUT2D eigenvalue weighted by molar-refractivity contribution is 0.0886. The Kier molecular flexibility index (Phi) is 4.69. The largest absolute Gasteiger partial charge is 0.465 e. The van der Waals surface area contributed by atoms with Crippen LogP contribution in [-0.2, 0) is 4.74 Å². The lowest BCUT2D eigenvalue weighted by atomic mass is 10.1. The zero-order valence-electron chi connectivity index (χ0n) is 8.53. The maximum absolute atomic E-state index is 11.0. The summed E-state index contributed by atoms with van der Waals surface area (Å²) in [4.78, 5) is 12.4. The lowest BCUT2D eigenvalue weighted by Crippen LogP contribution is -2.46. The second-order valence-electron chi connectivity index (χ2n) is 3.45. The van der Waals surface area contributed by atoms with Gasteiger partial charge in [0.1, 0.15) is 0 Å². The van der Waals surface area contributed by atoms with Crippen LogP contribution in [0.5, 0.6) is 0 Å². The Bertz CT molecular complexity index is 181. The molecule has 5 nitrogen and oxygen atoms in total. The zero-order valence-corrected chi connectivity index (χ0v) is 8.53. The van der Waals surface area contributed by atoms with E-state index in [-0.39, 0.29) is 6.04 Å². The standard InChI is InChI=1S/C9H18N2O3/c1-14-7-6-11(9(12)13)8-2-4-10-5-3-8/h8,10H,2-7H2,1H3,(H,12,13). The molecule has 1 aliphatic rings. The lowest BCUT2D eigenvalue weighted by Gasteiger charge is -2.32. The van der Waals surface area contributed by atoms with Crippen molar-refractivity contribution in [3.05, 3.63) is 0 Å². The molecular formula is C9H18N2O3. The molecule has 0 atom stereocenters. The van der Waals surface area contributed by atoms with Gasteiger partial charge < -0.3 is 20.1 Å². The van der Waals surface area contributed by atoms with Crippen molar-refractivity contribution in [3.63, 3.8) is 0 Å². The summed E-state index contributed by atoms with van der Waals surface area (Å²) in [5.41, 5.74) is 0. The highest BCUT2D eigenvalue weighted by Crippen LogP contribution is 2.11. The molecule has 1 aliphatic heterocycles. The van der Waals surface area contributed by atoms with Crippen molar-refractivity contribution >= 4 is 6.09 Å². The van der Waals surface area contributed by atoms with E-state index in [2.05, 4.69) is 5.32 Å². The van der Waals surface area contributed by atoms with Crippen LogP contribution in [0.4, 0.5) is 4.79 Å². The van der Waals surface area contributed by atoms with E-state index in [1.165, 1.54) is 4.90 Å². The van der Waals surface area contributed by atoms with Crippen LogP contribution in [0.1, 0.15) is 12.8 Å². The molecule has 2 N–H and O–H groups in total. The molecule has 0 bridgehead atoms. The Morgan fingerprint density at radius 3 is 2.71 bits per heavy atom. The molecule has 0 aromatic carbocycles. The first-order valence-electron chi connectivity index (χ1n) is 4.95. The molecular weight excluding hydrogens is 184 g/mol. The maximum Gasteiger partial charge on any atom is 0.407 e. The highest BCUT2D eigenvalue weighted by Gasteiger charge is 2.24. The first-order chi connectivity index (χ1) is 6.75. The van der Waals surface area contributed by atoms with Gasteiger partial charge in [-0.3, -0.25) is 0 Å². The van der Waals surface area contributed by atoms with Gasteiger partial charge in [-0.15, -0.1) is 0 Å². The van der Waals surface area contributed by atoms with Crippen molar-refractivity contribution in [1.82, 2.24) is 10.2 Å². The van der Waals surface area contributed by atoms with Gasteiger partial charge >= 0.3 is 6.09 Å². The van der Waals surface area contributed by atoms with E-state index < -0.39 is 6.09 Å². The number of ether oxygens (including phenoxy) is 1. The summed E-state index contributed by atoms with van der Waals surface area (Å²) in [7, 11) is 1.59. The van der Waals surface area contributed by atoms with Gasteiger partial charge in [-0.05, 0) is 25.9 Å². The summed E-state index contributed by atoms with van der Waals surface area (Å²) in [6.07, 6.45) is 0.959.